The number of aliphatic carboxylic acids is 1. The SMILES string of the molecule is COc1cc(/C=C/C(=O)O)ccc1OC(=O)CC[C@@H](C)[C@H]1CCC2C3C(CC[C@@]21C)[C@@]1(C)CC[C@@H](O)C[C@H]1C[C@H]3O. The minimum Gasteiger partial charge on any atom is -0.493 e. The highest BCUT2D eigenvalue weighted by atomic mass is 16.6. The van der Waals surface area contributed by atoms with Gasteiger partial charge in [0, 0.05) is 12.5 Å². The Hall–Kier alpha value is -2.38. The summed E-state index contributed by atoms with van der Waals surface area (Å²) in [5.74, 6) is 2.08. The second-order valence-corrected chi connectivity index (χ2v) is 14.0. The third-order valence-electron chi connectivity index (χ3n) is 12.0. The Morgan fingerprint density at radius 3 is 2.49 bits per heavy atom. The number of hydrogen-bond donors (Lipinski definition) is 3. The van der Waals surface area contributed by atoms with Crippen LogP contribution in [0.5, 0.6) is 11.5 Å². The predicted molar refractivity (Wildman–Crippen MR) is 156 cm³/mol. The summed E-state index contributed by atoms with van der Waals surface area (Å²) in [7, 11) is 1.49. The van der Waals surface area contributed by atoms with Crippen molar-refractivity contribution in [2.75, 3.05) is 7.11 Å². The number of methoxy groups -OCH3 is 1. The van der Waals surface area contributed by atoms with Gasteiger partial charge in [0.25, 0.3) is 0 Å². The number of esters is 1. The number of ether oxygens (including phenoxy) is 2. The van der Waals surface area contributed by atoms with E-state index in [1.165, 1.54) is 19.6 Å². The van der Waals surface area contributed by atoms with Gasteiger partial charge in [0.15, 0.2) is 11.5 Å². The highest BCUT2D eigenvalue weighted by Crippen LogP contribution is 2.68. The highest BCUT2D eigenvalue weighted by molar-refractivity contribution is 5.85. The first-order valence-corrected chi connectivity index (χ1v) is 15.6. The van der Waals surface area contributed by atoms with Gasteiger partial charge in [-0.05, 0) is 128 Å². The van der Waals surface area contributed by atoms with Gasteiger partial charge in [-0.15, -0.1) is 0 Å². The number of benzene rings is 1. The van der Waals surface area contributed by atoms with Crippen LogP contribution >= 0.6 is 0 Å². The second kappa shape index (κ2) is 11.7. The van der Waals surface area contributed by atoms with Crippen LogP contribution in [-0.2, 0) is 9.59 Å². The molecule has 7 nitrogen and oxygen atoms in total. The van der Waals surface area contributed by atoms with Crippen molar-refractivity contribution in [1.29, 1.82) is 0 Å². The number of aliphatic hydroxyl groups excluding tert-OH is 2. The van der Waals surface area contributed by atoms with Crippen LogP contribution in [0.15, 0.2) is 24.3 Å². The van der Waals surface area contributed by atoms with Crippen LogP contribution in [0.3, 0.4) is 0 Å². The molecule has 1 aromatic rings. The number of carbonyl (C=O) groups excluding carboxylic acids is 1. The van der Waals surface area contributed by atoms with Gasteiger partial charge < -0.3 is 24.8 Å². The molecule has 0 saturated heterocycles. The van der Waals surface area contributed by atoms with Gasteiger partial charge in [0.2, 0.25) is 0 Å². The van der Waals surface area contributed by atoms with Gasteiger partial charge in [-0.25, -0.2) is 4.79 Å². The number of carboxylic acid groups (broad SMARTS) is 1. The van der Waals surface area contributed by atoms with Gasteiger partial charge in [-0.3, -0.25) is 4.79 Å². The molecule has 7 heteroatoms. The smallest absolute Gasteiger partial charge is 0.328 e. The molecule has 226 valence electrons. The first-order valence-electron chi connectivity index (χ1n) is 15.6. The zero-order valence-corrected chi connectivity index (χ0v) is 25.1. The molecule has 0 heterocycles. The van der Waals surface area contributed by atoms with Crippen molar-refractivity contribution in [3.63, 3.8) is 0 Å². The molecule has 1 aromatic carbocycles. The summed E-state index contributed by atoms with van der Waals surface area (Å²) in [6.07, 6.45) is 11.3. The van der Waals surface area contributed by atoms with E-state index in [0.29, 0.717) is 59.0 Å². The first kappa shape index (κ1) is 30.1. The fraction of sp³-hybridized carbons (Fsp3) is 0.706. The lowest BCUT2D eigenvalue weighted by molar-refractivity contribution is -0.174. The molecule has 5 rings (SSSR count). The molecule has 3 unspecified atom stereocenters. The van der Waals surface area contributed by atoms with Gasteiger partial charge >= 0.3 is 11.9 Å². The summed E-state index contributed by atoms with van der Waals surface area (Å²) in [6.45, 7) is 7.18. The summed E-state index contributed by atoms with van der Waals surface area (Å²) in [4.78, 5) is 23.7. The van der Waals surface area contributed by atoms with Crippen molar-refractivity contribution >= 4 is 18.0 Å². The van der Waals surface area contributed by atoms with Crippen LogP contribution in [0, 0.1) is 46.3 Å². The zero-order chi connectivity index (χ0) is 29.5. The fourth-order valence-electron chi connectivity index (χ4n) is 9.94. The Bertz CT molecular complexity index is 1160. The van der Waals surface area contributed by atoms with Crippen molar-refractivity contribution in [2.24, 2.45) is 46.3 Å². The van der Waals surface area contributed by atoms with E-state index < -0.39 is 5.97 Å². The van der Waals surface area contributed by atoms with Crippen LogP contribution in [-0.4, -0.2) is 46.6 Å². The molecular weight excluding hydrogens is 520 g/mol. The van der Waals surface area contributed by atoms with Crippen molar-refractivity contribution in [3.05, 3.63) is 29.8 Å². The average Bonchev–Trinajstić information content (AvgIpc) is 3.29. The van der Waals surface area contributed by atoms with E-state index in [-0.39, 0.29) is 29.0 Å². The average molecular weight is 569 g/mol. The lowest BCUT2D eigenvalue weighted by Gasteiger charge is -2.62. The number of aliphatic hydroxyl groups is 2. The molecule has 3 N–H and O–H groups in total. The molecule has 0 bridgehead atoms. The van der Waals surface area contributed by atoms with Gasteiger partial charge in [0.1, 0.15) is 0 Å². The number of rotatable bonds is 8. The minimum atomic E-state index is -1.04. The normalized spacial score (nSPS) is 38.9. The van der Waals surface area contributed by atoms with Gasteiger partial charge in [0.05, 0.1) is 19.3 Å². The summed E-state index contributed by atoms with van der Waals surface area (Å²) in [6, 6.07) is 4.98. The van der Waals surface area contributed by atoms with Crippen LogP contribution in [0.4, 0.5) is 0 Å². The quantitative estimate of drug-likeness (QED) is 0.197. The molecule has 4 aliphatic rings. The first-order chi connectivity index (χ1) is 19.5. The maximum absolute atomic E-state index is 12.9. The maximum atomic E-state index is 12.9. The Morgan fingerprint density at radius 2 is 1.76 bits per heavy atom. The van der Waals surface area contributed by atoms with Crippen LogP contribution < -0.4 is 9.47 Å². The molecule has 4 aliphatic carbocycles. The Morgan fingerprint density at radius 1 is 1.02 bits per heavy atom. The Balaban J connectivity index is 1.21. The highest BCUT2D eigenvalue weighted by Gasteiger charge is 2.62. The predicted octanol–water partition coefficient (Wildman–Crippen LogP) is 6.11. The molecule has 0 aliphatic heterocycles. The molecular formula is C34H48O7. The molecule has 0 spiro atoms. The van der Waals surface area contributed by atoms with E-state index in [4.69, 9.17) is 14.6 Å². The number of carbonyl (C=O) groups is 2. The summed E-state index contributed by atoms with van der Waals surface area (Å²) >= 11 is 0. The van der Waals surface area contributed by atoms with Crippen molar-refractivity contribution < 1.29 is 34.4 Å². The zero-order valence-electron chi connectivity index (χ0n) is 25.1. The summed E-state index contributed by atoms with van der Waals surface area (Å²) < 4.78 is 11.0. The van der Waals surface area contributed by atoms with Crippen molar-refractivity contribution in [3.8, 4) is 11.5 Å². The standard InChI is InChI=1S/C34H48O7/c1-20(5-12-31(39)41-28-10-6-21(7-11-30(37)38)17-29(28)40-4)24-8-9-25-32-26(14-16-34(24,25)3)33(2)15-13-23(35)18-22(33)19-27(32)36/h6-7,10-11,17,20,22-27,32,35-36H,5,8-9,12-16,18-19H2,1-4H3,(H,37,38)/b11-7+/t20-,22+,23-,24-,25?,26?,27-,32?,33+,34-/m1/s1. The monoisotopic (exact) mass is 568 g/mol. The Labute approximate surface area is 244 Å². The molecule has 41 heavy (non-hydrogen) atoms. The largest absolute Gasteiger partial charge is 0.493 e. The molecule has 0 radical (unpaired) electrons. The molecule has 0 aromatic heterocycles. The molecule has 10 atom stereocenters. The minimum absolute atomic E-state index is 0.172. The van der Waals surface area contributed by atoms with Crippen molar-refractivity contribution in [2.45, 2.75) is 97.2 Å². The van der Waals surface area contributed by atoms with Gasteiger partial charge in [-0.1, -0.05) is 26.8 Å². The third kappa shape index (κ3) is 5.69. The maximum Gasteiger partial charge on any atom is 0.328 e. The van der Waals surface area contributed by atoms with E-state index in [1.54, 1.807) is 18.2 Å². The summed E-state index contributed by atoms with van der Waals surface area (Å²) in [5.41, 5.74) is 1.04. The fourth-order valence-corrected chi connectivity index (χ4v) is 9.94. The molecule has 0 amide bonds. The lowest BCUT2D eigenvalue weighted by Crippen LogP contribution is -2.58. The summed E-state index contributed by atoms with van der Waals surface area (Å²) in [5, 5.41) is 30.7. The number of carboxylic acids is 1. The van der Waals surface area contributed by atoms with Gasteiger partial charge in [-0.2, -0.15) is 0 Å². The van der Waals surface area contributed by atoms with Crippen molar-refractivity contribution in [1.82, 2.24) is 0 Å². The van der Waals surface area contributed by atoms with E-state index in [2.05, 4.69) is 20.8 Å². The Kier molecular flexibility index (Phi) is 8.60. The van der Waals surface area contributed by atoms with E-state index in [0.717, 1.165) is 57.4 Å². The van der Waals surface area contributed by atoms with Crippen LogP contribution in [0.2, 0.25) is 0 Å². The second-order valence-electron chi connectivity index (χ2n) is 14.0. The third-order valence-corrected chi connectivity index (χ3v) is 12.0. The van der Waals surface area contributed by atoms with E-state index in [9.17, 15) is 19.8 Å². The topological polar surface area (TPSA) is 113 Å². The number of hydrogen-bond acceptors (Lipinski definition) is 6. The molecule has 4 fully saturated rings. The van der Waals surface area contributed by atoms with Crippen LogP contribution in [0.1, 0.15) is 90.5 Å². The lowest BCUT2D eigenvalue weighted by atomic mass is 9.43. The van der Waals surface area contributed by atoms with E-state index >= 15 is 0 Å². The van der Waals surface area contributed by atoms with Crippen LogP contribution in [0.25, 0.3) is 6.08 Å². The number of fused-ring (bicyclic) bond motifs is 5. The molecule has 4 saturated carbocycles. The van der Waals surface area contributed by atoms with E-state index in [1.807, 2.05) is 0 Å².